The van der Waals surface area contributed by atoms with Crippen molar-refractivity contribution in [3.05, 3.63) is 75.0 Å². The first-order valence-corrected chi connectivity index (χ1v) is 10.3. The zero-order valence-corrected chi connectivity index (χ0v) is 17.9. The molecule has 0 fully saturated rings. The Morgan fingerprint density at radius 3 is 2.68 bits per heavy atom. The number of fused-ring (bicyclic) bond motifs is 1. The first kappa shape index (κ1) is 20.8. The van der Waals surface area contributed by atoms with Crippen LogP contribution in [0, 0.1) is 12.3 Å². The molecule has 0 saturated carbocycles. The van der Waals surface area contributed by atoms with Crippen molar-refractivity contribution in [2.24, 2.45) is 5.41 Å². The summed E-state index contributed by atoms with van der Waals surface area (Å²) in [5.41, 5.74) is 3.04. The Bertz CT molecular complexity index is 1200. The van der Waals surface area contributed by atoms with Gasteiger partial charge in [0.25, 0.3) is 11.5 Å². The standard InChI is InChI=1S/C24H25N3O4/c1-14-4-6-15(7-5-14)23-26-16(13-31-23)8-9-25-21(29)18-10-17-19(27-22(18)30)11-24(2,3)12-20(17)28/h4-7,10,13H,8-9,11-12H2,1-3H3,(H,25,29)(H,27,30). The Hall–Kier alpha value is -3.48. The van der Waals surface area contributed by atoms with Crippen molar-refractivity contribution in [1.82, 2.24) is 15.3 Å². The first-order valence-electron chi connectivity index (χ1n) is 10.3. The lowest BCUT2D eigenvalue weighted by molar-refractivity contribution is 0.0910. The Balaban J connectivity index is 1.41. The van der Waals surface area contributed by atoms with Gasteiger partial charge in [-0.15, -0.1) is 0 Å². The molecule has 0 saturated heterocycles. The second kappa shape index (κ2) is 7.98. The molecule has 160 valence electrons. The minimum Gasteiger partial charge on any atom is -0.444 e. The molecule has 4 rings (SSSR count). The molecule has 1 aliphatic carbocycles. The Labute approximate surface area is 179 Å². The molecular formula is C24H25N3O4. The van der Waals surface area contributed by atoms with Gasteiger partial charge in [0.05, 0.1) is 5.69 Å². The molecule has 3 aromatic rings. The van der Waals surface area contributed by atoms with Crippen LogP contribution in [-0.2, 0) is 12.8 Å². The normalized spacial score (nSPS) is 14.9. The summed E-state index contributed by atoms with van der Waals surface area (Å²) < 4.78 is 5.53. The summed E-state index contributed by atoms with van der Waals surface area (Å²) in [6.45, 7) is 6.27. The molecule has 31 heavy (non-hydrogen) atoms. The third kappa shape index (κ3) is 4.50. The molecular weight excluding hydrogens is 394 g/mol. The minimum absolute atomic E-state index is 0.0488. The van der Waals surface area contributed by atoms with Crippen molar-refractivity contribution in [2.45, 2.75) is 40.0 Å². The van der Waals surface area contributed by atoms with E-state index in [4.69, 9.17) is 4.42 Å². The van der Waals surface area contributed by atoms with Crippen LogP contribution in [0.2, 0.25) is 0 Å². The molecule has 0 bridgehead atoms. The van der Waals surface area contributed by atoms with Gasteiger partial charge < -0.3 is 14.7 Å². The molecule has 2 N–H and O–H groups in total. The van der Waals surface area contributed by atoms with Gasteiger partial charge in [-0.25, -0.2) is 4.98 Å². The SMILES string of the molecule is Cc1ccc(-c2nc(CCNC(=O)c3cc4c([nH]c3=O)CC(C)(C)CC4=O)co2)cc1. The van der Waals surface area contributed by atoms with Crippen LogP contribution in [0.3, 0.4) is 0 Å². The molecule has 1 aliphatic rings. The monoisotopic (exact) mass is 419 g/mol. The maximum absolute atomic E-state index is 12.5. The average Bonchev–Trinajstić information content (AvgIpc) is 3.16. The zero-order chi connectivity index (χ0) is 22.2. The average molecular weight is 419 g/mol. The number of aromatic nitrogens is 2. The second-order valence-corrected chi connectivity index (χ2v) is 8.86. The van der Waals surface area contributed by atoms with E-state index in [2.05, 4.69) is 15.3 Å². The van der Waals surface area contributed by atoms with Crippen molar-refractivity contribution in [3.8, 4) is 11.5 Å². The molecule has 0 spiro atoms. The van der Waals surface area contributed by atoms with Crippen molar-refractivity contribution in [3.63, 3.8) is 0 Å². The van der Waals surface area contributed by atoms with Gasteiger partial charge in [-0.1, -0.05) is 31.5 Å². The van der Waals surface area contributed by atoms with Crippen LogP contribution in [0.1, 0.15) is 57.9 Å². The molecule has 0 radical (unpaired) electrons. The van der Waals surface area contributed by atoms with Crippen LogP contribution in [0.5, 0.6) is 0 Å². The number of aromatic amines is 1. The summed E-state index contributed by atoms with van der Waals surface area (Å²) in [5.74, 6) is -0.0411. The highest BCUT2D eigenvalue weighted by molar-refractivity contribution is 6.02. The summed E-state index contributed by atoms with van der Waals surface area (Å²) in [6, 6.07) is 9.28. The fourth-order valence-corrected chi connectivity index (χ4v) is 3.85. The van der Waals surface area contributed by atoms with Gasteiger partial charge in [0, 0.05) is 36.2 Å². The third-order valence-corrected chi connectivity index (χ3v) is 5.48. The van der Waals surface area contributed by atoms with Crippen LogP contribution in [0.25, 0.3) is 11.5 Å². The number of hydrogen-bond acceptors (Lipinski definition) is 5. The number of carbonyl (C=O) groups is 2. The van der Waals surface area contributed by atoms with Crippen LogP contribution in [0.4, 0.5) is 0 Å². The number of benzene rings is 1. The zero-order valence-electron chi connectivity index (χ0n) is 17.9. The van der Waals surface area contributed by atoms with E-state index in [1.807, 2.05) is 45.0 Å². The number of pyridine rings is 1. The summed E-state index contributed by atoms with van der Waals surface area (Å²) in [5, 5.41) is 2.73. The van der Waals surface area contributed by atoms with E-state index in [0.717, 1.165) is 11.1 Å². The van der Waals surface area contributed by atoms with E-state index in [1.54, 1.807) is 6.26 Å². The van der Waals surface area contributed by atoms with E-state index in [1.165, 1.54) is 6.07 Å². The van der Waals surface area contributed by atoms with E-state index in [0.29, 0.717) is 42.1 Å². The summed E-state index contributed by atoms with van der Waals surface area (Å²) in [4.78, 5) is 44.6. The van der Waals surface area contributed by atoms with Gasteiger partial charge in [0.2, 0.25) is 5.89 Å². The molecule has 2 heterocycles. The molecule has 7 nitrogen and oxygen atoms in total. The van der Waals surface area contributed by atoms with Crippen molar-refractivity contribution in [2.75, 3.05) is 6.54 Å². The van der Waals surface area contributed by atoms with Gasteiger partial charge in [-0.05, 0) is 37.0 Å². The van der Waals surface area contributed by atoms with Crippen molar-refractivity contribution < 1.29 is 14.0 Å². The van der Waals surface area contributed by atoms with Crippen molar-refractivity contribution >= 4 is 11.7 Å². The Morgan fingerprint density at radius 2 is 1.94 bits per heavy atom. The smallest absolute Gasteiger partial charge is 0.261 e. The van der Waals surface area contributed by atoms with Crippen molar-refractivity contribution in [1.29, 1.82) is 0 Å². The summed E-state index contributed by atoms with van der Waals surface area (Å²) >= 11 is 0. The van der Waals surface area contributed by atoms with E-state index >= 15 is 0 Å². The second-order valence-electron chi connectivity index (χ2n) is 8.86. The van der Waals surface area contributed by atoms with Crippen LogP contribution < -0.4 is 10.9 Å². The third-order valence-electron chi connectivity index (χ3n) is 5.48. The lowest BCUT2D eigenvalue weighted by Gasteiger charge is -2.29. The van der Waals surface area contributed by atoms with Gasteiger partial charge in [-0.2, -0.15) is 0 Å². The summed E-state index contributed by atoms with van der Waals surface area (Å²) in [6.07, 6.45) is 3.01. The molecule has 1 aromatic carbocycles. The summed E-state index contributed by atoms with van der Waals surface area (Å²) in [7, 11) is 0. The van der Waals surface area contributed by atoms with Gasteiger partial charge in [-0.3, -0.25) is 14.4 Å². The Morgan fingerprint density at radius 1 is 1.19 bits per heavy atom. The van der Waals surface area contributed by atoms with E-state index < -0.39 is 11.5 Å². The maximum atomic E-state index is 12.5. The first-order chi connectivity index (χ1) is 14.7. The largest absolute Gasteiger partial charge is 0.444 e. The number of rotatable bonds is 5. The molecule has 2 aromatic heterocycles. The number of hydrogen-bond donors (Lipinski definition) is 2. The van der Waals surface area contributed by atoms with Crippen LogP contribution in [0.15, 0.2) is 45.8 Å². The predicted octanol–water partition coefficient (Wildman–Crippen LogP) is 3.47. The number of H-pyrrole nitrogens is 1. The number of oxazole rings is 1. The molecule has 7 heteroatoms. The van der Waals surface area contributed by atoms with E-state index in [-0.39, 0.29) is 23.3 Å². The maximum Gasteiger partial charge on any atom is 0.261 e. The lowest BCUT2D eigenvalue weighted by atomic mass is 9.75. The topological polar surface area (TPSA) is 105 Å². The van der Waals surface area contributed by atoms with Gasteiger partial charge in [0.15, 0.2) is 5.78 Å². The molecule has 0 aliphatic heterocycles. The predicted molar refractivity (Wildman–Crippen MR) is 116 cm³/mol. The number of ketones is 1. The van der Waals surface area contributed by atoms with Crippen LogP contribution >= 0.6 is 0 Å². The number of Topliss-reactive ketones (excluding diaryl/α,β-unsaturated/α-hetero) is 1. The molecule has 0 atom stereocenters. The minimum atomic E-state index is -0.510. The fourth-order valence-electron chi connectivity index (χ4n) is 3.85. The quantitative estimate of drug-likeness (QED) is 0.659. The molecule has 1 amide bonds. The lowest BCUT2D eigenvalue weighted by Crippen LogP contribution is -2.35. The fraction of sp³-hybridized carbons (Fsp3) is 0.333. The highest BCUT2D eigenvalue weighted by atomic mass is 16.3. The number of carbonyl (C=O) groups excluding carboxylic acids is 2. The number of nitrogens with one attached hydrogen (secondary N) is 2. The molecule has 0 unspecified atom stereocenters. The van der Waals surface area contributed by atoms with E-state index in [9.17, 15) is 14.4 Å². The van der Waals surface area contributed by atoms with Crippen LogP contribution in [-0.4, -0.2) is 28.2 Å². The highest BCUT2D eigenvalue weighted by Crippen LogP contribution is 2.33. The Kier molecular flexibility index (Phi) is 5.35. The number of nitrogens with zero attached hydrogens (tertiary/aromatic N) is 1. The highest BCUT2D eigenvalue weighted by Gasteiger charge is 2.32. The van der Waals surface area contributed by atoms with Gasteiger partial charge in [0.1, 0.15) is 11.8 Å². The number of amides is 1. The van der Waals surface area contributed by atoms with Gasteiger partial charge >= 0.3 is 0 Å². The number of aryl methyl sites for hydroxylation is 1.